The van der Waals surface area contributed by atoms with Crippen LogP contribution in [-0.4, -0.2) is 32.5 Å². The van der Waals surface area contributed by atoms with E-state index in [1.165, 1.54) is 31.5 Å². The van der Waals surface area contributed by atoms with E-state index in [-0.39, 0.29) is 29.6 Å². The van der Waals surface area contributed by atoms with Gasteiger partial charge in [-0.1, -0.05) is 11.2 Å². The Labute approximate surface area is 130 Å². The Balaban J connectivity index is 2.54. The van der Waals surface area contributed by atoms with Crippen molar-refractivity contribution < 1.29 is 9.82 Å². The van der Waals surface area contributed by atoms with E-state index in [9.17, 15) is 19.5 Å². The van der Waals surface area contributed by atoms with E-state index >= 15 is 0 Å². The van der Waals surface area contributed by atoms with Gasteiger partial charge in [-0.05, 0) is 11.5 Å². The van der Waals surface area contributed by atoms with Gasteiger partial charge in [-0.25, -0.2) is 9.78 Å². The SMILES string of the molecule is CC(=O)NCc1cc(B(O)N=O)cnc1-n1ccc(N)nc1=O. The number of nitrogen functional groups attached to an aromatic ring is 1. The molecule has 23 heavy (non-hydrogen) atoms. The summed E-state index contributed by atoms with van der Waals surface area (Å²) >= 11 is 0. The number of nitrogens with two attached hydrogens (primary N) is 1. The van der Waals surface area contributed by atoms with Gasteiger partial charge < -0.3 is 16.1 Å². The van der Waals surface area contributed by atoms with Crippen LogP contribution >= 0.6 is 0 Å². The van der Waals surface area contributed by atoms with E-state index in [0.29, 0.717) is 5.56 Å². The van der Waals surface area contributed by atoms with Crippen LogP contribution in [0.5, 0.6) is 0 Å². The minimum atomic E-state index is -1.59. The molecule has 0 unspecified atom stereocenters. The number of nitrogens with one attached hydrogen (secondary N) is 1. The lowest BCUT2D eigenvalue weighted by Crippen LogP contribution is -2.32. The molecule has 0 aliphatic heterocycles. The van der Waals surface area contributed by atoms with Crippen molar-refractivity contribution in [2.75, 3.05) is 5.73 Å². The summed E-state index contributed by atoms with van der Waals surface area (Å²) in [5.41, 5.74) is 5.33. The zero-order valence-corrected chi connectivity index (χ0v) is 12.1. The van der Waals surface area contributed by atoms with E-state index in [2.05, 4.69) is 20.4 Å². The number of carbonyl (C=O) groups is 1. The summed E-state index contributed by atoms with van der Waals surface area (Å²) in [6, 6.07) is 2.84. The fourth-order valence-electron chi connectivity index (χ4n) is 1.87. The molecule has 4 N–H and O–H groups in total. The van der Waals surface area contributed by atoms with Crippen LogP contribution < -0.4 is 22.2 Å². The maximum atomic E-state index is 11.9. The van der Waals surface area contributed by atoms with Crippen molar-refractivity contribution in [2.24, 2.45) is 5.09 Å². The number of pyridine rings is 1. The molecule has 2 heterocycles. The first kappa shape index (κ1) is 16.3. The van der Waals surface area contributed by atoms with Crippen LogP contribution in [-0.2, 0) is 11.3 Å². The third-order valence-electron chi connectivity index (χ3n) is 2.94. The molecule has 2 aromatic heterocycles. The van der Waals surface area contributed by atoms with Gasteiger partial charge in [0.15, 0.2) is 0 Å². The lowest BCUT2D eigenvalue weighted by molar-refractivity contribution is -0.119. The zero-order valence-electron chi connectivity index (χ0n) is 12.1. The quantitative estimate of drug-likeness (QED) is 0.439. The standard InChI is InChI=1S/C12H13BN6O4/c1-7(20)15-5-8-4-9(13(22)18-23)6-16-11(8)19-3-2-10(14)17-12(19)21/h2-4,6,22H,5H2,1H3,(H,15,20)(H2,14,17,21). The van der Waals surface area contributed by atoms with Gasteiger partial charge in [-0.15, -0.1) is 0 Å². The molecule has 0 aromatic carbocycles. The largest absolute Gasteiger partial charge is 0.519 e. The summed E-state index contributed by atoms with van der Waals surface area (Å²) in [6.45, 7) is 1.36. The average Bonchev–Trinajstić information content (AvgIpc) is 2.52. The molecule has 10 nitrogen and oxygen atoms in total. The Bertz CT molecular complexity index is 808. The maximum absolute atomic E-state index is 11.9. The number of hydrogen-bond donors (Lipinski definition) is 3. The number of nitrogens with zero attached hydrogens (tertiary/aromatic N) is 4. The Morgan fingerprint density at radius 1 is 1.57 bits per heavy atom. The van der Waals surface area contributed by atoms with Crippen molar-refractivity contribution in [1.29, 1.82) is 0 Å². The number of hydrogen-bond acceptors (Lipinski definition) is 8. The fraction of sp³-hybridized carbons (Fsp3) is 0.167. The summed E-state index contributed by atoms with van der Waals surface area (Å²) in [6.07, 6.45) is 2.60. The summed E-state index contributed by atoms with van der Waals surface area (Å²) < 4.78 is 1.14. The highest BCUT2D eigenvalue weighted by Gasteiger charge is 2.19. The molecule has 0 spiro atoms. The molecule has 0 aliphatic carbocycles. The zero-order chi connectivity index (χ0) is 17.0. The highest BCUT2D eigenvalue weighted by Crippen LogP contribution is 2.09. The van der Waals surface area contributed by atoms with Crippen molar-refractivity contribution in [1.82, 2.24) is 19.9 Å². The van der Waals surface area contributed by atoms with Crippen LogP contribution in [0, 0.1) is 4.91 Å². The van der Waals surface area contributed by atoms with E-state index in [1.807, 2.05) is 0 Å². The summed E-state index contributed by atoms with van der Waals surface area (Å²) in [5.74, 6) is -0.0388. The molecule has 0 radical (unpaired) electrons. The number of aromatic nitrogens is 3. The Kier molecular flexibility index (Phi) is 4.81. The summed E-state index contributed by atoms with van der Waals surface area (Å²) in [5, 5.41) is 14.5. The number of carbonyl (C=O) groups excluding carboxylic acids is 1. The average molecular weight is 316 g/mol. The maximum Gasteiger partial charge on any atom is 0.519 e. The Hall–Kier alpha value is -3.08. The molecular formula is C12H13BN6O4. The van der Waals surface area contributed by atoms with Crippen molar-refractivity contribution in [3.8, 4) is 5.82 Å². The Morgan fingerprint density at radius 2 is 2.30 bits per heavy atom. The van der Waals surface area contributed by atoms with Crippen molar-refractivity contribution in [3.63, 3.8) is 0 Å². The summed E-state index contributed by atoms with van der Waals surface area (Å²) in [4.78, 5) is 41.1. The van der Waals surface area contributed by atoms with Crippen molar-refractivity contribution >= 4 is 24.2 Å². The molecule has 0 aliphatic rings. The molecule has 118 valence electrons. The van der Waals surface area contributed by atoms with Crippen molar-refractivity contribution in [3.05, 3.63) is 45.5 Å². The highest BCUT2D eigenvalue weighted by atomic mass is 16.3. The molecule has 0 fully saturated rings. The molecular weight excluding hydrogens is 303 g/mol. The molecule has 0 saturated heterocycles. The number of amides is 1. The molecule has 0 atom stereocenters. The second kappa shape index (κ2) is 6.79. The van der Waals surface area contributed by atoms with Crippen LogP contribution in [0.15, 0.2) is 34.4 Å². The van der Waals surface area contributed by atoms with Crippen LogP contribution in [0.4, 0.5) is 5.82 Å². The monoisotopic (exact) mass is 316 g/mol. The number of rotatable bonds is 5. The number of anilines is 1. The van der Waals surface area contributed by atoms with E-state index < -0.39 is 12.7 Å². The second-order valence-electron chi connectivity index (χ2n) is 4.65. The molecule has 11 heteroatoms. The van der Waals surface area contributed by atoms with E-state index in [0.717, 1.165) is 4.57 Å². The molecule has 0 bridgehead atoms. The van der Waals surface area contributed by atoms with Crippen LogP contribution in [0.25, 0.3) is 5.82 Å². The first-order chi connectivity index (χ1) is 10.9. The summed E-state index contributed by atoms with van der Waals surface area (Å²) in [7, 11) is -1.59. The van der Waals surface area contributed by atoms with E-state index in [4.69, 9.17) is 5.73 Å². The predicted molar refractivity (Wildman–Crippen MR) is 83.0 cm³/mol. The third kappa shape index (κ3) is 3.77. The van der Waals surface area contributed by atoms with Crippen LogP contribution in [0.1, 0.15) is 12.5 Å². The smallest absolute Gasteiger partial charge is 0.425 e. The van der Waals surface area contributed by atoms with Gasteiger partial charge in [0, 0.05) is 31.4 Å². The third-order valence-corrected chi connectivity index (χ3v) is 2.94. The first-order valence-electron chi connectivity index (χ1n) is 6.51. The van der Waals surface area contributed by atoms with Gasteiger partial charge in [-0.3, -0.25) is 9.36 Å². The molecule has 0 saturated carbocycles. The van der Waals surface area contributed by atoms with Gasteiger partial charge in [0.05, 0.1) is 0 Å². The minimum Gasteiger partial charge on any atom is -0.425 e. The topological polar surface area (TPSA) is 153 Å². The molecule has 1 amide bonds. The highest BCUT2D eigenvalue weighted by molar-refractivity contribution is 6.64. The lowest BCUT2D eigenvalue weighted by atomic mass is 9.76. The van der Waals surface area contributed by atoms with E-state index in [1.54, 1.807) is 0 Å². The lowest BCUT2D eigenvalue weighted by Gasteiger charge is -2.12. The van der Waals surface area contributed by atoms with Crippen LogP contribution in [0.2, 0.25) is 0 Å². The van der Waals surface area contributed by atoms with Gasteiger partial charge >= 0.3 is 12.7 Å². The van der Waals surface area contributed by atoms with Crippen molar-refractivity contribution in [2.45, 2.75) is 13.5 Å². The number of nitroso groups, excluding NO2 is 1. The molecule has 2 aromatic rings. The van der Waals surface area contributed by atoms with Gasteiger partial charge in [0.2, 0.25) is 5.91 Å². The van der Waals surface area contributed by atoms with Gasteiger partial charge in [0.25, 0.3) is 0 Å². The minimum absolute atomic E-state index is 0.0356. The predicted octanol–water partition coefficient (Wildman–Crippen LogP) is -1.70. The second-order valence-corrected chi connectivity index (χ2v) is 4.65. The van der Waals surface area contributed by atoms with Gasteiger partial charge in [0.1, 0.15) is 11.6 Å². The normalized spacial score (nSPS) is 10.2. The molecule has 2 rings (SSSR count). The Morgan fingerprint density at radius 3 is 2.91 bits per heavy atom. The first-order valence-corrected chi connectivity index (χ1v) is 6.51. The van der Waals surface area contributed by atoms with Gasteiger partial charge in [-0.2, -0.15) is 9.89 Å². The van der Waals surface area contributed by atoms with Crippen LogP contribution in [0.3, 0.4) is 0 Å². The fourth-order valence-corrected chi connectivity index (χ4v) is 1.87.